The Morgan fingerprint density at radius 1 is 1.14 bits per heavy atom. The first-order chi connectivity index (χ1) is 13.7. The lowest BCUT2D eigenvalue weighted by atomic mass is 10.0. The first-order valence-corrected chi connectivity index (χ1v) is 10.4. The van der Waals surface area contributed by atoms with E-state index in [4.69, 9.17) is 14.5 Å². The number of nitrogens with one attached hydrogen (secondary N) is 1. The number of hydrogen-bond donors (Lipinski definition) is 2. The number of benzene rings is 2. The highest BCUT2D eigenvalue weighted by Crippen LogP contribution is 2.36. The highest BCUT2D eigenvalue weighted by Gasteiger charge is 2.37. The maximum Gasteiger partial charge on any atom is 0.179 e. The minimum absolute atomic E-state index is 0.398. The molecule has 28 heavy (non-hydrogen) atoms. The van der Waals surface area contributed by atoms with Crippen molar-refractivity contribution in [3.63, 3.8) is 0 Å². The topological polar surface area (TPSA) is 67.4 Å². The van der Waals surface area contributed by atoms with E-state index in [0.29, 0.717) is 25.2 Å². The van der Waals surface area contributed by atoms with Crippen molar-refractivity contribution in [1.29, 1.82) is 0 Å². The van der Waals surface area contributed by atoms with Crippen LogP contribution in [0.1, 0.15) is 12.8 Å². The molecule has 2 heterocycles. The molecule has 5 nitrogen and oxygen atoms in total. The fourth-order valence-corrected chi connectivity index (χ4v) is 4.43. The van der Waals surface area contributed by atoms with Crippen LogP contribution in [0.4, 0.5) is 0 Å². The summed E-state index contributed by atoms with van der Waals surface area (Å²) in [5, 5.41) is 10.8. The maximum absolute atomic E-state index is 10.0. The molecule has 1 fully saturated rings. The summed E-state index contributed by atoms with van der Waals surface area (Å²) in [7, 11) is 1.63. The lowest BCUT2D eigenvalue weighted by Crippen LogP contribution is -2.45. The molecule has 0 saturated carbocycles. The molecule has 0 spiro atoms. The Labute approximate surface area is 169 Å². The number of aromatic nitrogens is 2. The number of ether oxygens (including phenoxy) is 2. The van der Waals surface area contributed by atoms with E-state index < -0.39 is 11.9 Å². The van der Waals surface area contributed by atoms with E-state index >= 15 is 0 Å². The van der Waals surface area contributed by atoms with E-state index in [1.54, 1.807) is 18.9 Å². The molecule has 2 N–H and O–H groups in total. The van der Waals surface area contributed by atoms with Crippen LogP contribution in [-0.4, -0.2) is 46.4 Å². The summed E-state index contributed by atoms with van der Waals surface area (Å²) in [6.07, 6.45) is 0.715. The minimum atomic E-state index is -0.783. The van der Waals surface area contributed by atoms with Gasteiger partial charge in [-0.15, -0.1) is 0 Å². The van der Waals surface area contributed by atoms with Gasteiger partial charge in [-0.05, 0) is 6.42 Å². The second kappa shape index (κ2) is 8.49. The summed E-state index contributed by atoms with van der Waals surface area (Å²) < 4.78 is 11.5. The molecule has 0 aliphatic carbocycles. The van der Waals surface area contributed by atoms with Gasteiger partial charge in [0.2, 0.25) is 0 Å². The number of methoxy groups -OCH3 is 1. The van der Waals surface area contributed by atoms with Crippen molar-refractivity contribution in [2.75, 3.05) is 19.5 Å². The van der Waals surface area contributed by atoms with Gasteiger partial charge in [0.25, 0.3) is 0 Å². The molecule has 146 valence electrons. The van der Waals surface area contributed by atoms with Gasteiger partial charge in [0.05, 0.1) is 29.9 Å². The molecule has 4 rings (SSSR count). The summed E-state index contributed by atoms with van der Waals surface area (Å²) in [6.45, 7) is 0.498. The van der Waals surface area contributed by atoms with Crippen LogP contribution in [0.15, 0.2) is 65.8 Å². The van der Waals surface area contributed by atoms with Crippen molar-refractivity contribution in [1.82, 2.24) is 9.97 Å². The molecule has 2 unspecified atom stereocenters. The Balaban J connectivity index is 1.62. The highest BCUT2D eigenvalue weighted by molar-refractivity contribution is 7.99. The molecule has 0 bridgehead atoms. The zero-order chi connectivity index (χ0) is 19.4. The standard InChI is InChI=1S/C22H24N2O3S/c1-26-22(14-18(25)12-13-27-22)15-28-21-23-19(16-8-4-2-5-9-16)20(24-21)17-10-6-3-7-11-17/h2-11,18,25H,12-15H2,1H3,(H,23,24). The van der Waals surface area contributed by atoms with Crippen molar-refractivity contribution >= 4 is 11.8 Å². The average Bonchev–Trinajstić information content (AvgIpc) is 3.18. The molecule has 0 amide bonds. The van der Waals surface area contributed by atoms with Gasteiger partial charge in [-0.25, -0.2) is 4.98 Å². The molecule has 3 aromatic rings. The van der Waals surface area contributed by atoms with E-state index in [9.17, 15) is 5.11 Å². The van der Waals surface area contributed by atoms with E-state index in [0.717, 1.165) is 27.7 Å². The summed E-state index contributed by atoms with van der Waals surface area (Å²) in [5.41, 5.74) is 4.07. The van der Waals surface area contributed by atoms with Crippen LogP contribution >= 0.6 is 11.8 Å². The quantitative estimate of drug-likeness (QED) is 0.607. The molecule has 0 radical (unpaired) electrons. The molecular weight excluding hydrogens is 372 g/mol. The van der Waals surface area contributed by atoms with Crippen LogP contribution in [0.5, 0.6) is 0 Å². The Bertz CT molecular complexity index is 844. The van der Waals surface area contributed by atoms with Crippen molar-refractivity contribution < 1.29 is 14.6 Å². The Morgan fingerprint density at radius 2 is 1.82 bits per heavy atom. The fraction of sp³-hybridized carbons (Fsp3) is 0.318. The molecule has 2 aromatic carbocycles. The zero-order valence-corrected chi connectivity index (χ0v) is 16.6. The smallest absolute Gasteiger partial charge is 0.179 e. The van der Waals surface area contributed by atoms with Gasteiger partial charge in [0.15, 0.2) is 10.9 Å². The highest BCUT2D eigenvalue weighted by atomic mass is 32.2. The third-order valence-corrected chi connectivity index (χ3v) is 6.01. The van der Waals surface area contributed by atoms with Gasteiger partial charge in [-0.3, -0.25) is 0 Å². The number of imidazole rings is 1. The summed E-state index contributed by atoms with van der Waals surface area (Å²) in [4.78, 5) is 8.33. The Kier molecular flexibility index (Phi) is 5.82. The van der Waals surface area contributed by atoms with E-state index in [2.05, 4.69) is 29.2 Å². The van der Waals surface area contributed by atoms with Gasteiger partial charge in [-0.1, -0.05) is 72.4 Å². The molecule has 1 aromatic heterocycles. The summed E-state index contributed by atoms with van der Waals surface area (Å²) >= 11 is 1.55. The molecule has 1 saturated heterocycles. The number of nitrogens with zero attached hydrogens (tertiary/aromatic N) is 1. The van der Waals surface area contributed by atoms with E-state index in [1.807, 2.05) is 36.4 Å². The van der Waals surface area contributed by atoms with Gasteiger partial charge >= 0.3 is 0 Å². The average molecular weight is 397 g/mol. The summed E-state index contributed by atoms with van der Waals surface area (Å²) in [5.74, 6) is -0.231. The molecule has 6 heteroatoms. The molecule has 1 aliphatic heterocycles. The first kappa shape index (κ1) is 19.2. The minimum Gasteiger partial charge on any atom is -0.393 e. The second-order valence-electron chi connectivity index (χ2n) is 6.90. The number of aromatic amines is 1. The van der Waals surface area contributed by atoms with Gasteiger partial charge < -0.3 is 19.6 Å². The monoisotopic (exact) mass is 396 g/mol. The van der Waals surface area contributed by atoms with Crippen molar-refractivity contribution in [3.8, 4) is 22.5 Å². The summed E-state index contributed by atoms with van der Waals surface area (Å²) in [6, 6.07) is 20.4. The molecular formula is C22H24N2O3S. The van der Waals surface area contributed by atoms with Crippen molar-refractivity contribution in [3.05, 3.63) is 60.7 Å². The van der Waals surface area contributed by atoms with Crippen LogP contribution in [0.2, 0.25) is 0 Å². The SMILES string of the molecule is COC1(CSc2nc(-c3ccccc3)c(-c3ccccc3)[nH]2)CC(O)CCO1. The first-order valence-electron chi connectivity index (χ1n) is 9.40. The second-order valence-corrected chi connectivity index (χ2v) is 7.86. The van der Waals surface area contributed by atoms with Crippen LogP contribution in [0.25, 0.3) is 22.5 Å². The van der Waals surface area contributed by atoms with Gasteiger partial charge in [0, 0.05) is 24.7 Å². The molecule has 2 atom stereocenters. The van der Waals surface area contributed by atoms with Crippen LogP contribution in [0.3, 0.4) is 0 Å². The number of aliphatic hydroxyl groups is 1. The number of H-pyrrole nitrogens is 1. The van der Waals surface area contributed by atoms with E-state index in [-0.39, 0.29) is 0 Å². The normalized spacial score (nSPS) is 22.3. The third kappa shape index (κ3) is 4.15. The molecule has 1 aliphatic rings. The fourth-order valence-electron chi connectivity index (χ4n) is 3.42. The van der Waals surface area contributed by atoms with Gasteiger partial charge in [-0.2, -0.15) is 0 Å². The van der Waals surface area contributed by atoms with Crippen LogP contribution in [0, 0.1) is 0 Å². The number of thioether (sulfide) groups is 1. The lowest BCUT2D eigenvalue weighted by molar-refractivity contribution is -0.244. The Morgan fingerprint density at radius 3 is 2.46 bits per heavy atom. The predicted octanol–water partition coefficient (Wildman–Crippen LogP) is 4.35. The van der Waals surface area contributed by atoms with Crippen LogP contribution < -0.4 is 0 Å². The predicted molar refractivity (Wildman–Crippen MR) is 111 cm³/mol. The van der Waals surface area contributed by atoms with Crippen molar-refractivity contribution in [2.24, 2.45) is 0 Å². The lowest BCUT2D eigenvalue weighted by Gasteiger charge is -2.37. The van der Waals surface area contributed by atoms with Crippen molar-refractivity contribution in [2.45, 2.75) is 29.9 Å². The number of rotatable bonds is 6. The number of hydrogen-bond acceptors (Lipinski definition) is 5. The number of aliphatic hydroxyl groups excluding tert-OH is 1. The van der Waals surface area contributed by atoms with Gasteiger partial charge in [0.1, 0.15) is 0 Å². The maximum atomic E-state index is 10.0. The van der Waals surface area contributed by atoms with E-state index in [1.165, 1.54) is 0 Å². The largest absolute Gasteiger partial charge is 0.393 e. The third-order valence-electron chi connectivity index (χ3n) is 4.96. The van der Waals surface area contributed by atoms with Crippen LogP contribution in [-0.2, 0) is 9.47 Å². The Hall–Kier alpha value is -2.12. The zero-order valence-electron chi connectivity index (χ0n) is 15.8.